The summed E-state index contributed by atoms with van der Waals surface area (Å²) in [5.41, 5.74) is 5.14. The van der Waals surface area contributed by atoms with Crippen LogP contribution in [0.3, 0.4) is 0 Å². The molecule has 2 aromatic rings. The molecule has 0 amide bonds. The molecule has 0 saturated heterocycles. The minimum Gasteiger partial charge on any atom is -0.497 e. The number of ether oxygens (including phenoxy) is 1. The fraction of sp³-hybridized carbons (Fsp3) is 0.176. The first-order chi connectivity index (χ1) is 12.0. The van der Waals surface area contributed by atoms with Crippen LogP contribution in [0.5, 0.6) is 5.75 Å². The predicted octanol–water partition coefficient (Wildman–Crippen LogP) is 4.72. The van der Waals surface area contributed by atoms with E-state index in [1.807, 2.05) is 31.2 Å². The number of hydrogen-bond acceptors (Lipinski definition) is 4. The zero-order chi connectivity index (χ0) is 18.2. The Balaban J connectivity index is 1.90. The van der Waals surface area contributed by atoms with E-state index in [4.69, 9.17) is 17.0 Å². The van der Waals surface area contributed by atoms with E-state index in [1.165, 1.54) is 0 Å². The second-order valence-corrected chi connectivity index (χ2v) is 6.37. The summed E-state index contributed by atoms with van der Waals surface area (Å²) in [5.74, 6) is -1.66. The molecule has 0 saturated carbocycles. The Morgan fingerprint density at radius 2 is 1.76 bits per heavy atom. The van der Waals surface area contributed by atoms with Gasteiger partial charge in [0.25, 0.3) is 5.76 Å². The van der Waals surface area contributed by atoms with Crippen LogP contribution in [0.2, 0.25) is 0 Å². The van der Waals surface area contributed by atoms with Gasteiger partial charge in [0.05, 0.1) is 12.8 Å². The van der Waals surface area contributed by atoms with E-state index in [-0.39, 0.29) is 0 Å². The molecule has 0 aliphatic rings. The Bertz CT molecular complexity index is 735. The average molecular weight is 381 g/mol. The largest absolute Gasteiger partial charge is 0.497 e. The van der Waals surface area contributed by atoms with Crippen molar-refractivity contribution in [2.24, 2.45) is 5.10 Å². The Morgan fingerprint density at radius 1 is 1.12 bits per heavy atom. The molecule has 0 aliphatic heterocycles. The van der Waals surface area contributed by atoms with E-state index in [0.717, 1.165) is 17.0 Å². The Kier molecular flexibility index (Phi) is 7.15. The van der Waals surface area contributed by atoms with Crippen LogP contribution in [0.15, 0.2) is 58.5 Å². The molecular weight excluding hydrogens is 364 g/mol. The Hall–Kier alpha value is -2.19. The molecule has 8 heteroatoms. The van der Waals surface area contributed by atoms with Gasteiger partial charge in [0.15, 0.2) is 5.11 Å². The zero-order valence-corrected chi connectivity index (χ0v) is 15.3. The van der Waals surface area contributed by atoms with Gasteiger partial charge in [-0.1, -0.05) is 11.8 Å². The number of nitrogens with one attached hydrogen (secondary N) is 2. The first-order valence-electron chi connectivity index (χ1n) is 7.28. The number of methoxy groups -OCH3 is 1. The topological polar surface area (TPSA) is 45.6 Å². The van der Waals surface area contributed by atoms with Crippen LogP contribution in [-0.4, -0.2) is 23.7 Å². The molecule has 0 aromatic heterocycles. The number of nitrogens with zero attached hydrogens (tertiary/aromatic N) is 1. The van der Waals surface area contributed by atoms with Crippen LogP contribution >= 0.6 is 24.0 Å². The maximum atomic E-state index is 12.3. The van der Waals surface area contributed by atoms with E-state index in [9.17, 15) is 8.78 Å². The molecule has 0 fully saturated rings. The SMILES string of the molecule is COc1ccc(/C(C)=N\NC(=S)Nc2ccc(SC(F)F)cc2)cc1. The summed E-state index contributed by atoms with van der Waals surface area (Å²) in [7, 11) is 1.61. The van der Waals surface area contributed by atoms with Crippen LogP contribution in [0.1, 0.15) is 12.5 Å². The van der Waals surface area contributed by atoms with Crippen LogP contribution in [-0.2, 0) is 0 Å². The van der Waals surface area contributed by atoms with Gasteiger partial charge in [0, 0.05) is 10.6 Å². The number of anilines is 1. The van der Waals surface area contributed by atoms with E-state index in [1.54, 1.807) is 31.4 Å². The predicted molar refractivity (Wildman–Crippen MR) is 103 cm³/mol. The minimum absolute atomic E-state index is 0.308. The third-order valence-corrected chi connectivity index (χ3v) is 4.09. The molecule has 0 unspecified atom stereocenters. The highest BCUT2D eigenvalue weighted by Gasteiger charge is 2.05. The zero-order valence-electron chi connectivity index (χ0n) is 13.6. The third kappa shape index (κ3) is 6.32. The highest BCUT2D eigenvalue weighted by Crippen LogP contribution is 2.26. The highest BCUT2D eigenvalue weighted by atomic mass is 32.2. The van der Waals surface area contributed by atoms with Gasteiger partial charge >= 0.3 is 0 Å². The standard InChI is InChI=1S/C17H17F2N3OS2/c1-11(12-3-7-14(23-2)8-4-12)21-22-17(24)20-13-5-9-15(10-6-13)25-16(18)19/h3-10,16H,1-2H3,(H2,20,22,24)/b21-11-. The highest BCUT2D eigenvalue weighted by molar-refractivity contribution is 7.99. The van der Waals surface area contributed by atoms with Gasteiger partial charge in [-0.15, -0.1) is 0 Å². The Morgan fingerprint density at radius 3 is 2.32 bits per heavy atom. The van der Waals surface area contributed by atoms with Crippen molar-refractivity contribution in [3.05, 3.63) is 54.1 Å². The minimum atomic E-state index is -2.43. The monoisotopic (exact) mass is 381 g/mol. The van der Waals surface area contributed by atoms with Crippen molar-refractivity contribution in [3.63, 3.8) is 0 Å². The molecule has 0 heterocycles. The molecule has 0 bridgehead atoms. The van der Waals surface area contributed by atoms with E-state index >= 15 is 0 Å². The van der Waals surface area contributed by atoms with Gasteiger partial charge in [-0.25, -0.2) is 0 Å². The van der Waals surface area contributed by atoms with E-state index in [2.05, 4.69) is 15.8 Å². The lowest BCUT2D eigenvalue weighted by Crippen LogP contribution is -2.24. The quantitative estimate of drug-likeness (QED) is 0.328. The maximum absolute atomic E-state index is 12.3. The summed E-state index contributed by atoms with van der Waals surface area (Å²) in [6.45, 7) is 1.85. The number of thioether (sulfide) groups is 1. The summed E-state index contributed by atoms with van der Waals surface area (Å²) < 4.78 is 29.7. The average Bonchev–Trinajstić information content (AvgIpc) is 2.61. The third-order valence-electron chi connectivity index (χ3n) is 3.17. The fourth-order valence-electron chi connectivity index (χ4n) is 1.91. The number of thiocarbonyl (C=S) groups is 1. The summed E-state index contributed by atoms with van der Waals surface area (Å²) >= 11 is 5.67. The van der Waals surface area contributed by atoms with Crippen molar-refractivity contribution < 1.29 is 13.5 Å². The molecule has 25 heavy (non-hydrogen) atoms. The lowest BCUT2D eigenvalue weighted by atomic mass is 10.1. The van der Waals surface area contributed by atoms with Crippen molar-refractivity contribution in [1.82, 2.24) is 5.43 Å². The molecule has 0 atom stereocenters. The van der Waals surface area contributed by atoms with Crippen molar-refractivity contribution in [2.75, 3.05) is 12.4 Å². The molecular formula is C17H17F2N3OS2. The summed E-state index contributed by atoms with van der Waals surface area (Å²) in [4.78, 5) is 0.493. The lowest BCUT2D eigenvalue weighted by molar-refractivity contribution is 0.252. The van der Waals surface area contributed by atoms with Gasteiger partial charge in [-0.3, -0.25) is 5.43 Å². The summed E-state index contributed by atoms with van der Waals surface area (Å²) in [6, 6.07) is 14.1. The Labute approximate surface area is 154 Å². The van der Waals surface area contributed by atoms with Crippen molar-refractivity contribution in [1.29, 1.82) is 0 Å². The first-order valence-corrected chi connectivity index (χ1v) is 8.57. The number of benzene rings is 2. The van der Waals surface area contributed by atoms with Gasteiger partial charge in [-0.2, -0.15) is 13.9 Å². The molecule has 132 valence electrons. The number of hydrazone groups is 1. The van der Waals surface area contributed by atoms with Gasteiger partial charge in [-0.05, 0) is 73.2 Å². The van der Waals surface area contributed by atoms with Crippen molar-refractivity contribution in [2.45, 2.75) is 17.6 Å². The molecule has 0 spiro atoms. The molecule has 2 aromatic carbocycles. The first kappa shape index (κ1) is 19.1. The van der Waals surface area contributed by atoms with Crippen LogP contribution < -0.4 is 15.5 Å². The molecule has 2 N–H and O–H groups in total. The molecule has 4 nitrogen and oxygen atoms in total. The van der Waals surface area contributed by atoms with E-state index in [0.29, 0.717) is 27.5 Å². The molecule has 0 aliphatic carbocycles. The fourth-order valence-corrected chi connectivity index (χ4v) is 2.57. The second-order valence-electron chi connectivity index (χ2n) is 4.89. The van der Waals surface area contributed by atoms with Gasteiger partial charge in [0.1, 0.15) is 5.75 Å². The molecule has 0 radical (unpaired) electrons. The smallest absolute Gasteiger partial charge is 0.288 e. The number of halogens is 2. The number of hydrogen-bond donors (Lipinski definition) is 2. The summed E-state index contributed by atoms with van der Waals surface area (Å²) in [5, 5.41) is 7.47. The lowest BCUT2D eigenvalue weighted by Gasteiger charge is -2.09. The summed E-state index contributed by atoms with van der Waals surface area (Å²) in [6.07, 6.45) is 0. The second kappa shape index (κ2) is 9.33. The van der Waals surface area contributed by atoms with Crippen LogP contribution in [0, 0.1) is 0 Å². The van der Waals surface area contributed by atoms with Gasteiger partial charge in [0.2, 0.25) is 0 Å². The number of alkyl halides is 2. The maximum Gasteiger partial charge on any atom is 0.288 e. The van der Waals surface area contributed by atoms with Crippen LogP contribution in [0.4, 0.5) is 14.5 Å². The number of rotatable bonds is 6. The van der Waals surface area contributed by atoms with Crippen molar-refractivity contribution in [3.8, 4) is 5.75 Å². The normalized spacial score (nSPS) is 11.3. The van der Waals surface area contributed by atoms with Crippen LogP contribution in [0.25, 0.3) is 0 Å². The molecule has 2 rings (SSSR count). The van der Waals surface area contributed by atoms with E-state index < -0.39 is 5.76 Å². The van der Waals surface area contributed by atoms with Gasteiger partial charge < -0.3 is 10.1 Å². The van der Waals surface area contributed by atoms with Crippen molar-refractivity contribution >= 4 is 40.5 Å².